The summed E-state index contributed by atoms with van der Waals surface area (Å²) in [6.45, 7) is 0. The SMILES string of the molecule is N[C@H](CC(=O)O)c1c[nH]cc1Br. The Morgan fingerprint density at radius 1 is 1.75 bits per heavy atom. The topological polar surface area (TPSA) is 79.1 Å². The summed E-state index contributed by atoms with van der Waals surface area (Å²) in [7, 11) is 0. The Balaban J connectivity index is 2.71. The largest absolute Gasteiger partial charge is 0.481 e. The molecule has 0 radical (unpaired) electrons. The van der Waals surface area contributed by atoms with Gasteiger partial charge in [-0.05, 0) is 15.9 Å². The number of aromatic amines is 1. The van der Waals surface area contributed by atoms with Gasteiger partial charge in [0.2, 0.25) is 0 Å². The fourth-order valence-corrected chi connectivity index (χ4v) is 1.48. The van der Waals surface area contributed by atoms with Crippen LogP contribution in [0.25, 0.3) is 0 Å². The van der Waals surface area contributed by atoms with E-state index in [4.69, 9.17) is 10.8 Å². The lowest BCUT2D eigenvalue weighted by atomic mass is 10.1. The van der Waals surface area contributed by atoms with Crippen molar-refractivity contribution < 1.29 is 9.90 Å². The van der Waals surface area contributed by atoms with Crippen LogP contribution in [-0.4, -0.2) is 16.1 Å². The summed E-state index contributed by atoms with van der Waals surface area (Å²) in [4.78, 5) is 13.1. The molecular weight excluding hydrogens is 224 g/mol. The van der Waals surface area contributed by atoms with E-state index in [1.807, 2.05) is 0 Å². The number of carbonyl (C=O) groups is 1. The van der Waals surface area contributed by atoms with Crippen molar-refractivity contribution in [1.29, 1.82) is 0 Å². The fraction of sp³-hybridized carbons (Fsp3) is 0.286. The molecule has 0 aliphatic carbocycles. The summed E-state index contributed by atoms with van der Waals surface area (Å²) in [6.07, 6.45) is 3.35. The molecule has 1 atom stereocenters. The summed E-state index contributed by atoms with van der Waals surface area (Å²) in [5.41, 5.74) is 6.40. The van der Waals surface area contributed by atoms with Crippen LogP contribution in [0.4, 0.5) is 0 Å². The van der Waals surface area contributed by atoms with Crippen LogP contribution in [0, 0.1) is 0 Å². The Labute approximate surface area is 77.9 Å². The van der Waals surface area contributed by atoms with Crippen molar-refractivity contribution in [3.63, 3.8) is 0 Å². The van der Waals surface area contributed by atoms with Crippen LogP contribution in [0.15, 0.2) is 16.9 Å². The van der Waals surface area contributed by atoms with Crippen molar-refractivity contribution in [2.75, 3.05) is 0 Å². The summed E-state index contributed by atoms with van der Waals surface area (Å²) in [5, 5.41) is 8.47. The molecule has 0 aliphatic rings. The van der Waals surface area contributed by atoms with Gasteiger partial charge in [-0.25, -0.2) is 0 Å². The molecule has 4 N–H and O–H groups in total. The Hall–Kier alpha value is -0.810. The van der Waals surface area contributed by atoms with Gasteiger partial charge in [-0.1, -0.05) is 0 Å². The van der Waals surface area contributed by atoms with Crippen molar-refractivity contribution in [3.05, 3.63) is 22.4 Å². The fourth-order valence-electron chi connectivity index (χ4n) is 0.939. The lowest BCUT2D eigenvalue weighted by Crippen LogP contribution is -2.14. The number of hydrogen-bond donors (Lipinski definition) is 3. The Morgan fingerprint density at radius 3 is 2.83 bits per heavy atom. The number of hydrogen-bond acceptors (Lipinski definition) is 2. The molecule has 66 valence electrons. The second kappa shape index (κ2) is 3.73. The molecule has 4 nitrogen and oxygen atoms in total. The molecule has 1 heterocycles. The Morgan fingerprint density at radius 2 is 2.42 bits per heavy atom. The molecule has 0 aromatic carbocycles. The maximum absolute atomic E-state index is 10.3. The first-order chi connectivity index (χ1) is 5.61. The highest BCUT2D eigenvalue weighted by atomic mass is 79.9. The predicted octanol–water partition coefficient (Wildman–Crippen LogP) is 1.25. The quantitative estimate of drug-likeness (QED) is 0.735. The van der Waals surface area contributed by atoms with Gasteiger partial charge < -0.3 is 15.8 Å². The number of rotatable bonds is 3. The normalized spacial score (nSPS) is 12.8. The molecular formula is C7H9BrN2O2. The number of carboxylic acid groups (broad SMARTS) is 1. The molecule has 0 aliphatic heterocycles. The second-order valence-corrected chi connectivity index (χ2v) is 3.32. The molecule has 12 heavy (non-hydrogen) atoms. The van der Waals surface area contributed by atoms with Crippen LogP contribution in [0.3, 0.4) is 0 Å². The standard InChI is InChI=1S/C7H9BrN2O2/c8-5-3-10-2-4(5)6(9)1-7(11)12/h2-3,6,10H,1,9H2,(H,11,12)/t6-/m1/s1. The van der Waals surface area contributed by atoms with Crippen molar-refractivity contribution >= 4 is 21.9 Å². The number of nitrogens with one attached hydrogen (secondary N) is 1. The number of nitrogens with two attached hydrogens (primary N) is 1. The van der Waals surface area contributed by atoms with E-state index < -0.39 is 12.0 Å². The minimum Gasteiger partial charge on any atom is -0.481 e. The third-order valence-electron chi connectivity index (χ3n) is 1.52. The molecule has 0 unspecified atom stereocenters. The summed E-state index contributed by atoms with van der Waals surface area (Å²) >= 11 is 3.25. The van der Waals surface area contributed by atoms with Gasteiger partial charge in [-0.2, -0.15) is 0 Å². The highest BCUT2D eigenvalue weighted by Gasteiger charge is 2.13. The molecule has 5 heteroatoms. The average Bonchev–Trinajstić information content (AvgIpc) is 2.33. The monoisotopic (exact) mass is 232 g/mol. The Kier molecular flexibility index (Phi) is 2.88. The lowest BCUT2D eigenvalue weighted by molar-refractivity contribution is -0.137. The second-order valence-electron chi connectivity index (χ2n) is 2.46. The smallest absolute Gasteiger partial charge is 0.305 e. The number of H-pyrrole nitrogens is 1. The minimum absolute atomic E-state index is 0.0591. The van der Waals surface area contributed by atoms with Gasteiger partial charge >= 0.3 is 5.97 Å². The molecule has 0 spiro atoms. The van der Waals surface area contributed by atoms with Gasteiger partial charge in [0.25, 0.3) is 0 Å². The number of carboxylic acids is 1. The highest BCUT2D eigenvalue weighted by molar-refractivity contribution is 9.10. The van der Waals surface area contributed by atoms with E-state index in [1.165, 1.54) is 0 Å². The van der Waals surface area contributed by atoms with Crippen LogP contribution < -0.4 is 5.73 Å². The third kappa shape index (κ3) is 2.09. The van der Waals surface area contributed by atoms with Crippen molar-refractivity contribution in [1.82, 2.24) is 4.98 Å². The van der Waals surface area contributed by atoms with E-state index in [2.05, 4.69) is 20.9 Å². The van der Waals surface area contributed by atoms with Crippen LogP contribution >= 0.6 is 15.9 Å². The number of halogens is 1. The van der Waals surface area contributed by atoms with E-state index in [9.17, 15) is 4.79 Å². The van der Waals surface area contributed by atoms with Crippen molar-refractivity contribution in [3.8, 4) is 0 Å². The van der Waals surface area contributed by atoms with E-state index in [-0.39, 0.29) is 6.42 Å². The predicted molar refractivity (Wildman–Crippen MR) is 47.7 cm³/mol. The van der Waals surface area contributed by atoms with Crippen LogP contribution in [-0.2, 0) is 4.79 Å². The number of aromatic nitrogens is 1. The van der Waals surface area contributed by atoms with Gasteiger partial charge in [0.15, 0.2) is 0 Å². The lowest BCUT2D eigenvalue weighted by Gasteiger charge is -2.06. The molecule has 1 aromatic rings. The molecule has 0 amide bonds. The highest BCUT2D eigenvalue weighted by Crippen LogP contribution is 2.23. The first-order valence-corrected chi connectivity index (χ1v) is 4.20. The zero-order chi connectivity index (χ0) is 9.14. The van der Waals surface area contributed by atoms with Crippen molar-refractivity contribution in [2.24, 2.45) is 5.73 Å². The maximum atomic E-state index is 10.3. The molecule has 1 rings (SSSR count). The first kappa shape index (κ1) is 9.28. The number of aliphatic carboxylic acids is 1. The van der Waals surface area contributed by atoms with Gasteiger partial charge in [0.05, 0.1) is 6.42 Å². The van der Waals surface area contributed by atoms with E-state index in [1.54, 1.807) is 12.4 Å². The van der Waals surface area contributed by atoms with Crippen molar-refractivity contribution in [2.45, 2.75) is 12.5 Å². The van der Waals surface area contributed by atoms with Gasteiger partial charge in [0.1, 0.15) is 0 Å². The minimum atomic E-state index is -0.893. The molecule has 0 saturated heterocycles. The maximum Gasteiger partial charge on any atom is 0.305 e. The molecule has 0 fully saturated rings. The molecule has 0 bridgehead atoms. The summed E-state index contributed by atoms with van der Waals surface area (Å²) < 4.78 is 0.816. The Bertz CT molecular complexity index is 285. The zero-order valence-electron chi connectivity index (χ0n) is 6.25. The average molecular weight is 233 g/mol. The van der Waals surface area contributed by atoms with E-state index in [0.717, 1.165) is 10.0 Å². The first-order valence-electron chi connectivity index (χ1n) is 3.41. The molecule has 1 aromatic heterocycles. The van der Waals surface area contributed by atoms with Crippen LogP contribution in [0.1, 0.15) is 18.0 Å². The third-order valence-corrected chi connectivity index (χ3v) is 2.21. The van der Waals surface area contributed by atoms with Crippen LogP contribution in [0.2, 0.25) is 0 Å². The van der Waals surface area contributed by atoms with E-state index in [0.29, 0.717) is 0 Å². The van der Waals surface area contributed by atoms with Crippen LogP contribution in [0.5, 0.6) is 0 Å². The summed E-state index contributed by atoms with van der Waals surface area (Å²) in [6, 6.07) is -0.455. The van der Waals surface area contributed by atoms with Gasteiger partial charge in [0, 0.05) is 28.5 Å². The zero-order valence-corrected chi connectivity index (χ0v) is 7.84. The van der Waals surface area contributed by atoms with E-state index >= 15 is 0 Å². The van der Waals surface area contributed by atoms with Gasteiger partial charge in [-0.3, -0.25) is 4.79 Å². The van der Waals surface area contributed by atoms with Gasteiger partial charge in [-0.15, -0.1) is 0 Å². The molecule has 0 saturated carbocycles. The summed E-state index contributed by atoms with van der Waals surface area (Å²) in [5.74, 6) is -0.893.